The van der Waals surface area contributed by atoms with Crippen molar-refractivity contribution in [3.8, 4) is 0 Å². The van der Waals surface area contributed by atoms with Crippen LogP contribution in [-0.4, -0.2) is 24.2 Å². The van der Waals surface area contributed by atoms with E-state index in [2.05, 4.69) is 6.07 Å². The van der Waals surface area contributed by atoms with Crippen LogP contribution in [0.1, 0.15) is 25.7 Å². The molecule has 1 saturated carbocycles. The molecule has 0 bridgehead atoms. The number of rotatable bonds is 2. The molecule has 1 aliphatic carbocycles. The van der Waals surface area contributed by atoms with Crippen LogP contribution in [0.25, 0.3) is 10.8 Å². The van der Waals surface area contributed by atoms with Gasteiger partial charge in [-0.15, -0.1) is 0 Å². The zero-order valence-corrected chi connectivity index (χ0v) is 12.3. The third kappa shape index (κ3) is 2.79. The summed E-state index contributed by atoms with van der Waals surface area (Å²) < 4.78 is 0. The molecule has 2 unspecified atom stereocenters. The maximum Gasteiger partial charge on any atom is 0.232 e. The molecule has 0 radical (unpaired) electrons. The van der Waals surface area contributed by atoms with Crippen molar-refractivity contribution in [1.82, 2.24) is 0 Å². The summed E-state index contributed by atoms with van der Waals surface area (Å²) in [5, 5.41) is 12.3. The molecule has 3 nitrogen and oxygen atoms in total. The zero-order chi connectivity index (χ0) is 14.8. The Balaban J connectivity index is 1.85. The molecule has 110 valence electrons. The van der Waals surface area contributed by atoms with E-state index in [1.54, 1.807) is 11.9 Å². The lowest BCUT2D eigenvalue weighted by Gasteiger charge is -2.30. The number of aliphatic hydroxyl groups is 1. The summed E-state index contributed by atoms with van der Waals surface area (Å²) in [5.41, 5.74) is 0.886. The molecular weight excluding hydrogens is 262 g/mol. The van der Waals surface area contributed by atoms with Crippen molar-refractivity contribution < 1.29 is 9.90 Å². The summed E-state index contributed by atoms with van der Waals surface area (Å²) in [6, 6.07) is 14.1. The molecule has 0 aromatic heterocycles. The van der Waals surface area contributed by atoms with E-state index in [0.29, 0.717) is 0 Å². The van der Waals surface area contributed by atoms with E-state index in [4.69, 9.17) is 0 Å². The Morgan fingerprint density at radius 2 is 1.81 bits per heavy atom. The Bertz CT molecular complexity index is 652. The summed E-state index contributed by atoms with van der Waals surface area (Å²) in [7, 11) is 1.80. The van der Waals surface area contributed by atoms with Crippen molar-refractivity contribution in [3.63, 3.8) is 0 Å². The Morgan fingerprint density at radius 1 is 1.10 bits per heavy atom. The molecule has 1 fully saturated rings. The number of carbonyl (C=O) groups is 1. The van der Waals surface area contributed by atoms with Crippen molar-refractivity contribution >= 4 is 22.4 Å². The first-order chi connectivity index (χ1) is 10.2. The molecule has 0 spiro atoms. The summed E-state index contributed by atoms with van der Waals surface area (Å²) in [4.78, 5) is 14.3. The lowest BCUT2D eigenvalue weighted by molar-refractivity contribution is -0.127. The molecule has 0 saturated heterocycles. The second kappa shape index (κ2) is 5.86. The normalized spacial score (nSPS) is 22.2. The van der Waals surface area contributed by atoms with Gasteiger partial charge in [-0.2, -0.15) is 0 Å². The summed E-state index contributed by atoms with van der Waals surface area (Å²) in [6.45, 7) is 0. The lowest BCUT2D eigenvalue weighted by atomic mass is 9.85. The van der Waals surface area contributed by atoms with Gasteiger partial charge in [-0.1, -0.05) is 43.2 Å². The average molecular weight is 283 g/mol. The molecule has 2 atom stereocenters. The van der Waals surface area contributed by atoms with Crippen molar-refractivity contribution in [3.05, 3.63) is 42.5 Å². The van der Waals surface area contributed by atoms with Gasteiger partial charge in [-0.25, -0.2) is 0 Å². The Morgan fingerprint density at radius 3 is 2.57 bits per heavy atom. The number of nitrogens with zero attached hydrogens (tertiary/aromatic N) is 1. The second-order valence-corrected chi connectivity index (χ2v) is 5.89. The van der Waals surface area contributed by atoms with Gasteiger partial charge in [0, 0.05) is 12.7 Å². The highest BCUT2D eigenvalue weighted by Crippen LogP contribution is 2.28. The van der Waals surface area contributed by atoms with E-state index in [1.165, 1.54) is 5.39 Å². The number of hydrogen-bond acceptors (Lipinski definition) is 2. The minimum absolute atomic E-state index is 0.0254. The Hall–Kier alpha value is -1.87. The van der Waals surface area contributed by atoms with Crippen LogP contribution in [0.15, 0.2) is 42.5 Å². The van der Waals surface area contributed by atoms with Gasteiger partial charge in [0.05, 0.1) is 12.0 Å². The number of hydrogen-bond donors (Lipinski definition) is 1. The van der Waals surface area contributed by atoms with Gasteiger partial charge in [-0.3, -0.25) is 4.79 Å². The first kappa shape index (κ1) is 14.1. The quantitative estimate of drug-likeness (QED) is 0.918. The van der Waals surface area contributed by atoms with Gasteiger partial charge in [0.25, 0.3) is 0 Å². The number of amides is 1. The van der Waals surface area contributed by atoms with Gasteiger partial charge in [-0.05, 0) is 35.7 Å². The van der Waals surface area contributed by atoms with Gasteiger partial charge >= 0.3 is 0 Å². The molecule has 2 aromatic rings. The van der Waals surface area contributed by atoms with Gasteiger partial charge in [0.15, 0.2) is 0 Å². The predicted molar refractivity (Wildman–Crippen MR) is 85.3 cm³/mol. The van der Waals surface area contributed by atoms with E-state index >= 15 is 0 Å². The maximum atomic E-state index is 12.6. The van der Waals surface area contributed by atoms with Gasteiger partial charge < -0.3 is 10.0 Å². The van der Waals surface area contributed by atoms with Crippen molar-refractivity contribution in [2.45, 2.75) is 31.8 Å². The monoisotopic (exact) mass is 283 g/mol. The van der Waals surface area contributed by atoms with Crippen LogP contribution >= 0.6 is 0 Å². The summed E-state index contributed by atoms with van der Waals surface area (Å²) in [6.07, 6.45) is 3.08. The summed E-state index contributed by atoms with van der Waals surface area (Å²) >= 11 is 0. The standard InChI is InChI=1S/C18H21NO2/c1-19(18(21)16-8-4-5-9-17(16)20)15-11-10-13-6-2-3-7-14(13)12-15/h2-3,6-7,10-12,16-17,20H,4-5,8-9H2,1H3. The predicted octanol–water partition coefficient (Wildman–Crippen LogP) is 3.35. The lowest BCUT2D eigenvalue weighted by Crippen LogP contribution is -2.40. The molecule has 3 heteroatoms. The van der Waals surface area contributed by atoms with E-state index < -0.39 is 6.10 Å². The third-order valence-corrected chi connectivity index (χ3v) is 4.50. The third-order valence-electron chi connectivity index (χ3n) is 4.50. The largest absolute Gasteiger partial charge is 0.392 e. The van der Waals surface area contributed by atoms with Crippen LogP contribution in [0.4, 0.5) is 5.69 Å². The summed E-state index contributed by atoms with van der Waals surface area (Å²) in [5.74, 6) is -0.229. The minimum Gasteiger partial charge on any atom is -0.392 e. The smallest absolute Gasteiger partial charge is 0.232 e. The van der Waals surface area contributed by atoms with Crippen LogP contribution in [0.3, 0.4) is 0 Å². The maximum absolute atomic E-state index is 12.6. The topological polar surface area (TPSA) is 40.5 Å². The van der Waals surface area contributed by atoms with E-state index in [1.807, 2.05) is 36.4 Å². The average Bonchev–Trinajstić information content (AvgIpc) is 2.53. The van der Waals surface area contributed by atoms with Crippen LogP contribution in [-0.2, 0) is 4.79 Å². The fourth-order valence-electron chi connectivity index (χ4n) is 3.16. The molecule has 2 aromatic carbocycles. The Kier molecular flexibility index (Phi) is 3.93. The molecular formula is C18H21NO2. The molecule has 1 aliphatic rings. The van der Waals surface area contributed by atoms with Crippen molar-refractivity contribution in [2.24, 2.45) is 5.92 Å². The molecule has 0 heterocycles. The minimum atomic E-state index is -0.492. The number of fused-ring (bicyclic) bond motifs is 1. The van der Waals surface area contributed by atoms with Crippen LogP contribution in [0.5, 0.6) is 0 Å². The van der Waals surface area contributed by atoms with E-state index in [9.17, 15) is 9.90 Å². The number of aliphatic hydroxyl groups excluding tert-OH is 1. The van der Waals surface area contributed by atoms with Crippen LogP contribution in [0, 0.1) is 5.92 Å². The molecule has 1 amide bonds. The SMILES string of the molecule is CN(C(=O)C1CCCCC1O)c1ccc2ccccc2c1. The van der Waals surface area contributed by atoms with Gasteiger partial charge in [0.2, 0.25) is 5.91 Å². The van der Waals surface area contributed by atoms with Crippen LogP contribution in [0.2, 0.25) is 0 Å². The molecule has 0 aliphatic heterocycles. The van der Waals surface area contributed by atoms with E-state index in [0.717, 1.165) is 36.8 Å². The molecule has 1 N–H and O–H groups in total. The fourth-order valence-corrected chi connectivity index (χ4v) is 3.16. The van der Waals surface area contributed by atoms with Crippen molar-refractivity contribution in [1.29, 1.82) is 0 Å². The first-order valence-corrected chi connectivity index (χ1v) is 7.61. The number of carbonyl (C=O) groups excluding carboxylic acids is 1. The van der Waals surface area contributed by atoms with E-state index in [-0.39, 0.29) is 11.8 Å². The number of benzene rings is 2. The highest BCUT2D eigenvalue weighted by Gasteiger charge is 2.31. The zero-order valence-electron chi connectivity index (χ0n) is 12.3. The van der Waals surface area contributed by atoms with Crippen LogP contribution < -0.4 is 4.90 Å². The van der Waals surface area contributed by atoms with Crippen molar-refractivity contribution in [2.75, 3.05) is 11.9 Å². The Labute approximate surface area is 125 Å². The number of anilines is 1. The molecule has 3 rings (SSSR count). The highest BCUT2D eigenvalue weighted by atomic mass is 16.3. The first-order valence-electron chi connectivity index (χ1n) is 7.61. The molecule has 21 heavy (non-hydrogen) atoms. The van der Waals surface area contributed by atoms with Gasteiger partial charge in [0.1, 0.15) is 0 Å². The second-order valence-electron chi connectivity index (χ2n) is 5.89. The highest BCUT2D eigenvalue weighted by molar-refractivity contribution is 5.97. The fraction of sp³-hybridized carbons (Fsp3) is 0.389.